The van der Waals surface area contributed by atoms with Gasteiger partial charge in [0.1, 0.15) is 5.82 Å². The van der Waals surface area contributed by atoms with E-state index in [1.54, 1.807) is 6.20 Å². The van der Waals surface area contributed by atoms with Gasteiger partial charge in [0.15, 0.2) is 0 Å². The third-order valence-electron chi connectivity index (χ3n) is 3.29. The van der Waals surface area contributed by atoms with Crippen LogP contribution in [0.5, 0.6) is 0 Å². The molecule has 0 amide bonds. The molecule has 0 bridgehead atoms. The topological polar surface area (TPSA) is 63.1 Å². The van der Waals surface area contributed by atoms with Crippen LogP contribution in [-0.4, -0.2) is 21.0 Å². The Morgan fingerprint density at radius 2 is 2.18 bits per heavy atom. The van der Waals surface area contributed by atoms with Gasteiger partial charge in [-0.2, -0.15) is 0 Å². The zero-order valence-corrected chi connectivity index (χ0v) is 9.93. The lowest BCUT2D eigenvalue weighted by molar-refractivity contribution is -0.137. The minimum atomic E-state index is -0.753. The van der Waals surface area contributed by atoms with Crippen LogP contribution in [0.4, 0.5) is 0 Å². The van der Waals surface area contributed by atoms with Gasteiger partial charge in [0.25, 0.3) is 0 Å². The van der Waals surface area contributed by atoms with Gasteiger partial charge in [-0.25, -0.2) is 9.97 Å². The van der Waals surface area contributed by atoms with Crippen LogP contribution in [0.1, 0.15) is 56.0 Å². The number of rotatable bonds is 5. The third kappa shape index (κ3) is 3.51. The van der Waals surface area contributed by atoms with E-state index < -0.39 is 5.97 Å². The molecule has 1 aromatic rings. The molecular formula is C13H18N2O2. The first-order valence-corrected chi connectivity index (χ1v) is 6.29. The highest BCUT2D eigenvalue weighted by molar-refractivity contribution is 5.66. The molecule has 1 N–H and O–H groups in total. The summed E-state index contributed by atoms with van der Waals surface area (Å²) in [6.07, 6.45) is 8.31. The van der Waals surface area contributed by atoms with Crippen LogP contribution in [0.3, 0.4) is 0 Å². The second kappa shape index (κ2) is 5.75. The van der Waals surface area contributed by atoms with E-state index in [9.17, 15) is 4.79 Å². The van der Waals surface area contributed by atoms with Crippen molar-refractivity contribution in [3.8, 4) is 0 Å². The van der Waals surface area contributed by atoms with Crippen molar-refractivity contribution in [3.63, 3.8) is 0 Å². The van der Waals surface area contributed by atoms with Crippen molar-refractivity contribution >= 4 is 5.97 Å². The molecule has 4 nitrogen and oxygen atoms in total. The summed E-state index contributed by atoms with van der Waals surface area (Å²) in [5, 5.41) is 8.58. The number of carboxylic acid groups (broad SMARTS) is 1. The molecule has 4 heteroatoms. The van der Waals surface area contributed by atoms with E-state index in [0.717, 1.165) is 11.5 Å². The fourth-order valence-electron chi connectivity index (χ4n) is 2.38. The zero-order chi connectivity index (χ0) is 12.1. The molecule has 1 aliphatic carbocycles. The van der Waals surface area contributed by atoms with Gasteiger partial charge in [-0.15, -0.1) is 0 Å². The van der Waals surface area contributed by atoms with Gasteiger partial charge >= 0.3 is 5.97 Å². The average molecular weight is 234 g/mol. The molecule has 0 aliphatic heterocycles. The van der Waals surface area contributed by atoms with Crippen molar-refractivity contribution < 1.29 is 9.90 Å². The molecule has 1 heterocycles. The summed E-state index contributed by atoms with van der Waals surface area (Å²) in [7, 11) is 0. The lowest BCUT2D eigenvalue weighted by atomic mass is 10.0. The number of carbonyl (C=O) groups is 1. The van der Waals surface area contributed by atoms with E-state index in [1.807, 2.05) is 6.07 Å². The summed E-state index contributed by atoms with van der Waals surface area (Å²) < 4.78 is 0. The van der Waals surface area contributed by atoms with Crippen molar-refractivity contribution in [3.05, 3.63) is 23.8 Å². The Kier molecular flexibility index (Phi) is 4.07. The van der Waals surface area contributed by atoms with Crippen molar-refractivity contribution in [1.29, 1.82) is 0 Å². The van der Waals surface area contributed by atoms with Crippen LogP contribution < -0.4 is 0 Å². The zero-order valence-electron chi connectivity index (χ0n) is 9.93. The van der Waals surface area contributed by atoms with E-state index in [1.165, 1.54) is 25.7 Å². The summed E-state index contributed by atoms with van der Waals surface area (Å²) in [6, 6.07) is 2.00. The van der Waals surface area contributed by atoms with Crippen molar-refractivity contribution in [2.75, 3.05) is 0 Å². The third-order valence-corrected chi connectivity index (χ3v) is 3.29. The number of carboxylic acids is 1. The number of nitrogens with zero attached hydrogens (tertiary/aromatic N) is 2. The van der Waals surface area contributed by atoms with E-state index >= 15 is 0 Å². The van der Waals surface area contributed by atoms with Crippen LogP contribution in [0.2, 0.25) is 0 Å². The molecule has 1 aliphatic rings. The molecule has 1 aromatic heterocycles. The number of hydrogen-bond acceptors (Lipinski definition) is 3. The van der Waals surface area contributed by atoms with E-state index in [4.69, 9.17) is 5.11 Å². The Morgan fingerprint density at radius 1 is 1.41 bits per heavy atom. The van der Waals surface area contributed by atoms with E-state index in [-0.39, 0.29) is 6.42 Å². The standard InChI is InChI=1S/C13H18N2O2/c16-13(17)7-3-6-12-14-9-8-11(15-12)10-4-1-2-5-10/h8-10H,1-7H2,(H,16,17). The second-order valence-electron chi connectivity index (χ2n) is 4.63. The minimum Gasteiger partial charge on any atom is -0.481 e. The molecule has 1 saturated carbocycles. The molecular weight excluding hydrogens is 216 g/mol. The first-order valence-electron chi connectivity index (χ1n) is 6.29. The Balaban J connectivity index is 1.93. The van der Waals surface area contributed by atoms with E-state index in [0.29, 0.717) is 18.8 Å². The van der Waals surface area contributed by atoms with Crippen LogP contribution >= 0.6 is 0 Å². The van der Waals surface area contributed by atoms with Gasteiger partial charge in [-0.05, 0) is 25.3 Å². The predicted molar refractivity (Wildman–Crippen MR) is 63.8 cm³/mol. The highest BCUT2D eigenvalue weighted by Gasteiger charge is 2.18. The lowest BCUT2D eigenvalue weighted by Crippen LogP contribution is -2.03. The Hall–Kier alpha value is -1.45. The molecule has 92 valence electrons. The SMILES string of the molecule is O=C(O)CCCc1nccc(C2CCCC2)n1. The number of aliphatic carboxylic acids is 1. The normalized spacial score (nSPS) is 16.2. The lowest BCUT2D eigenvalue weighted by Gasteiger charge is -2.09. The van der Waals surface area contributed by atoms with Crippen LogP contribution in [0.25, 0.3) is 0 Å². The molecule has 17 heavy (non-hydrogen) atoms. The first kappa shape index (κ1) is 12.0. The number of hydrogen-bond donors (Lipinski definition) is 1. The maximum atomic E-state index is 10.4. The van der Waals surface area contributed by atoms with Crippen LogP contribution in [0, 0.1) is 0 Å². The molecule has 0 radical (unpaired) electrons. The highest BCUT2D eigenvalue weighted by Crippen LogP contribution is 2.32. The Bertz CT molecular complexity index is 387. The first-order chi connectivity index (χ1) is 8.25. The van der Waals surface area contributed by atoms with Crippen LogP contribution in [-0.2, 0) is 11.2 Å². The number of aryl methyl sites for hydroxylation is 1. The van der Waals surface area contributed by atoms with Crippen molar-refractivity contribution in [2.24, 2.45) is 0 Å². The van der Waals surface area contributed by atoms with E-state index in [2.05, 4.69) is 9.97 Å². The molecule has 2 rings (SSSR count). The molecule has 0 saturated heterocycles. The largest absolute Gasteiger partial charge is 0.481 e. The summed E-state index contributed by atoms with van der Waals surface area (Å²) >= 11 is 0. The fraction of sp³-hybridized carbons (Fsp3) is 0.615. The molecule has 0 spiro atoms. The van der Waals surface area contributed by atoms with Crippen molar-refractivity contribution in [2.45, 2.75) is 50.9 Å². The van der Waals surface area contributed by atoms with Gasteiger partial charge in [0, 0.05) is 30.7 Å². The molecule has 0 unspecified atom stereocenters. The quantitative estimate of drug-likeness (QED) is 0.850. The van der Waals surface area contributed by atoms with Gasteiger partial charge in [0.05, 0.1) is 0 Å². The fourth-order valence-corrected chi connectivity index (χ4v) is 2.38. The monoisotopic (exact) mass is 234 g/mol. The van der Waals surface area contributed by atoms with Gasteiger partial charge in [0.2, 0.25) is 0 Å². The summed E-state index contributed by atoms with van der Waals surface area (Å²) in [6.45, 7) is 0. The summed E-state index contributed by atoms with van der Waals surface area (Å²) in [4.78, 5) is 19.2. The van der Waals surface area contributed by atoms with Crippen molar-refractivity contribution in [1.82, 2.24) is 9.97 Å². The summed E-state index contributed by atoms with van der Waals surface area (Å²) in [5.74, 6) is 0.629. The van der Waals surface area contributed by atoms with Gasteiger partial charge < -0.3 is 5.11 Å². The second-order valence-corrected chi connectivity index (χ2v) is 4.63. The maximum absolute atomic E-state index is 10.4. The molecule has 0 atom stereocenters. The average Bonchev–Trinajstić information content (AvgIpc) is 2.82. The smallest absolute Gasteiger partial charge is 0.303 e. The highest BCUT2D eigenvalue weighted by atomic mass is 16.4. The Labute approximate surface area is 101 Å². The summed E-state index contributed by atoms with van der Waals surface area (Å²) in [5.41, 5.74) is 1.14. The minimum absolute atomic E-state index is 0.191. The van der Waals surface area contributed by atoms with Gasteiger partial charge in [-0.3, -0.25) is 4.79 Å². The molecule has 1 fully saturated rings. The van der Waals surface area contributed by atoms with Crippen LogP contribution in [0.15, 0.2) is 12.3 Å². The Morgan fingerprint density at radius 3 is 2.88 bits per heavy atom. The molecule has 0 aromatic carbocycles. The maximum Gasteiger partial charge on any atom is 0.303 e. The number of aromatic nitrogens is 2. The predicted octanol–water partition coefficient (Wildman–Crippen LogP) is 2.54. The van der Waals surface area contributed by atoms with Gasteiger partial charge in [-0.1, -0.05) is 12.8 Å².